The summed E-state index contributed by atoms with van der Waals surface area (Å²) in [5, 5.41) is 6.15. The maximum Gasteiger partial charge on any atom is 0.136 e. The normalized spacial score (nSPS) is 14.0. The van der Waals surface area contributed by atoms with Crippen molar-refractivity contribution in [2.75, 3.05) is 0 Å². The van der Waals surface area contributed by atoms with Crippen molar-refractivity contribution in [3.05, 3.63) is 82.6 Å². The smallest absolute Gasteiger partial charge is 0.136 e. The van der Waals surface area contributed by atoms with Crippen molar-refractivity contribution in [1.82, 2.24) is 19.5 Å². The quantitative estimate of drug-likeness (QED) is 0.208. The van der Waals surface area contributed by atoms with Crippen LogP contribution in [0.5, 0.6) is 0 Å². The van der Waals surface area contributed by atoms with Crippen LogP contribution in [0.1, 0.15) is 58.0 Å². The Bertz CT molecular complexity index is 1280. The molecule has 7 heteroatoms. The largest absolute Gasteiger partial charge is 0.598 e. The SMILES string of the molecule is CC(C)n1nc(-c2ccccc2[C@H](Cc2cccc(Br)n2)N[S+]([O-])C(C)(C)C)c2ccccc21. The molecule has 0 fully saturated rings. The number of rotatable bonds is 7. The highest BCUT2D eigenvalue weighted by Gasteiger charge is 2.31. The molecule has 178 valence electrons. The first-order chi connectivity index (χ1) is 16.1. The fourth-order valence-corrected chi connectivity index (χ4v) is 5.20. The van der Waals surface area contributed by atoms with E-state index < -0.39 is 16.1 Å². The Labute approximate surface area is 213 Å². The van der Waals surface area contributed by atoms with Gasteiger partial charge in [-0.25, -0.2) is 4.98 Å². The van der Waals surface area contributed by atoms with Crippen LogP contribution >= 0.6 is 15.9 Å². The highest BCUT2D eigenvalue weighted by atomic mass is 79.9. The van der Waals surface area contributed by atoms with Crippen molar-refractivity contribution in [3.63, 3.8) is 0 Å². The molecule has 34 heavy (non-hydrogen) atoms. The number of hydrogen-bond acceptors (Lipinski definition) is 4. The summed E-state index contributed by atoms with van der Waals surface area (Å²) in [4.78, 5) is 4.65. The van der Waals surface area contributed by atoms with Crippen molar-refractivity contribution < 1.29 is 4.55 Å². The third kappa shape index (κ3) is 5.38. The molecule has 0 saturated carbocycles. The second-order valence-electron chi connectivity index (χ2n) is 9.70. The number of fused-ring (bicyclic) bond motifs is 1. The van der Waals surface area contributed by atoms with Gasteiger partial charge in [0.25, 0.3) is 0 Å². The Morgan fingerprint density at radius 1 is 1.00 bits per heavy atom. The summed E-state index contributed by atoms with van der Waals surface area (Å²) in [5.41, 5.74) is 5.07. The Hall–Kier alpha value is -2.19. The predicted octanol–water partition coefficient (Wildman–Crippen LogP) is 6.78. The minimum absolute atomic E-state index is 0.207. The second-order valence-corrected chi connectivity index (χ2v) is 12.5. The van der Waals surface area contributed by atoms with Gasteiger partial charge in [0.2, 0.25) is 0 Å². The lowest BCUT2D eigenvalue weighted by Gasteiger charge is -2.29. The first-order valence-corrected chi connectivity index (χ1v) is 13.5. The number of pyridine rings is 1. The fraction of sp³-hybridized carbons (Fsp3) is 0.333. The highest BCUT2D eigenvalue weighted by Crippen LogP contribution is 2.35. The Kier molecular flexibility index (Phi) is 7.48. The Balaban J connectivity index is 1.85. The maximum absolute atomic E-state index is 13.2. The molecule has 2 heterocycles. The molecular weight excluding hydrogens is 508 g/mol. The molecule has 0 aliphatic rings. The van der Waals surface area contributed by atoms with Gasteiger partial charge in [-0.05, 0) is 74.3 Å². The summed E-state index contributed by atoms with van der Waals surface area (Å²) in [6.45, 7) is 10.2. The van der Waals surface area contributed by atoms with E-state index >= 15 is 0 Å². The van der Waals surface area contributed by atoms with E-state index in [-0.39, 0.29) is 12.1 Å². The number of nitrogens with one attached hydrogen (secondary N) is 1. The lowest BCUT2D eigenvalue weighted by Crippen LogP contribution is -2.42. The van der Waals surface area contributed by atoms with Gasteiger partial charge in [0, 0.05) is 40.5 Å². The van der Waals surface area contributed by atoms with Crippen LogP contribution in [0.3, 0.4) is 0 Å². The Morgan fingerprint density at radius 3 is 2.41 bits per heavy atom. The predicted molar refractivity (Wildman–Crippen MR) is 145 cm³/mol. The standard InChI is InChI=1S/C27H31BrN4OS/c1-18(2)32-24-15-9-8-14-22(24)26(30-32)21-13-7-6-12-20(21)23(31-34(33)27(3,4)5)17-19-11-10-16-25(28)29-19/h6-16,18,23,31H,17H2,1-5H3/t23-,34?/m0/s1. The molecule has 0 bridgehead atoms. The van der Waals surface area contributed by atoms with E-state index in [1.54, 1.807) is 0 Å². The van der Waals surface area contributed by atoms with Crippen LogP contribution in [0.25, 0.3) is 22.2 Å². The summed E-state index contributed by atoms with van der Waals surface area (Å²) in [7, 11) is 0. The molecule has 4 aromatic rings. The topological polar surface area (TPSA) is 65.8 Å². The van der Waals surface area contributed by atoms with E-state index in [0.29, 0.717) is 6.42 Å². The molecule has 1 N–H and O–H groups in total. The number of hydrogen-bond donors (Lipinski definition) is 1. The molecule has 0 saturated heterocycles. The number of aromatic nitrogens is 3. The second kappa shape index (κ2) is 10.2. The third-order valence-electron chi connectivity index (χ3n) is 5.69. The number of nitrogens with zero attached hydrogens (tertiary/aromatic N) is 3. The number of halogens is 1. The van der Waals surface area contributed by atoms with Crippen LogP contribution in [-0.4, -0.2) is 24.1 Å². The fourth-order valence-electron chi connectivity index (χ4n) is 3.99. The van der Waals surface area contributed by atoms with Gasteiger partial charge in [-0.2, -0.15) is 5.10 Å². The van der Waals surface area contributed by atoms with Crippen molar-refractivity contribution in [1.29, 1.82) is 0 Å². The molecule has 2 atom stereocenters. The van der Waals surface area contributed by atoms with Crippen molar-refractivity contribution in [2.24, 2.45) is 0 Å². The molecular formula is C27H31BrN4OS. The zero-order valence-electron chi connectivity index (χ0n) is 20.2. The molecule has 2 aromatic heterocycles. The number of para-hydroxylation sites is 1. The molecule has 0 aliphatic carbocycles. The van der Waals surface area contributed by atoms with Gasteiger partial charge in [-0.15, -0.1) is 4.72 Å². The monoisotopic (exact) mass is 538 g/mol. The lowest BCUT2D eigenvalue weighted by molar-refractivity contribution is 0.520. The van der Waals surface area contributed by atoms with Crippen molar-refractivity contribution in [3.8, 4) is 11.3 Å². The first-order valence-electron chi connectivity index (χ1n) is 11.5. The zero-order chi connectivity index (χ0) is 24.5. The maximum atomic E-state index is 13.2. The minimum atomic E-state index is -1.26. The van der Waals surface area contributed by atoms with Crippen LogP contribution in [0.2, 0.25) is 0 Å². The summed E-state index contributed by atoms with van der Waals surface area (Å²) >= 11 is 2.23. The van der Waals surface area contributed by atoms with Crippen LogP contribution in [0, 0.1) is 0 Å². The van der Waals surface area contributed by atoms with E-state index in [4.69, 9.17) is 5.10 Å². The summed E-state index contributed by atoms with van der Waals surface area (Å²) in [6.07, 6.45) is 0.598. The zero-order valence-corrected chi connectivity index (χ0v) is 22.7. The lowest BCUT2D eigenvalue weighted by atomic mass is 9.94. The van der Waals surface area contributed by atoms with Crippen LogP contribution in [-0.2, 0) is 17.8 Å². The van der Waals surface area contributed by atoms with Crippen molar-refractivity contribution >= 4 is 38.2 Å². The average Bonchev–Trinajstić information content (AvgIpc) is 3.18. The summed E-state index contributed by atoms with van der Waals surface area (Å²) < 4.78 is 19.1. The van der Waals surface area contributed by atoms with E-state index in [1.165, 1.54) is 0 Å². The van der Waals surface area contributed by atoms with Gasteiger partial charge in [0.15, 0.2) is 0 Å². The third-order valence-corrected chi connectivity index (χ3v) is 7.74. The van der Waals surface area contributed by atoms with Crippen LogP contribution in [0.15, 0.2) is 71.3 Å². The van der Waals surface area contributed by atoms with Crippen LogP contribution < -0.4 is 4.72 Å². The molecule has 0 radical (unpaired) electrons. The summed E-state index contributed by atoms with van der Waals surface area (Å²) in [6, 6.07) is 22.6. The van der Waals surface area contributed by atoms with Gasteiger partial charge in [0.1, 0.15) is 15.0 Å². The van der Waals surface area contributed by atoms with E-state index in [1.807, 2.05) is 57.2 Å². The molecule has 0 amide bonds. The molecule has 1 unspecified atom stereocenters. The van der Waals surface area contributed by atoms with E-state index in [9.17, 15) is 4.55 Å². The first kappa shape index (κ1) is 24.9. The van der Waals surface area contributed by atoms with Gasteiger partial charge in [-0.3, -0.25) is 4.68 Å². The molecule has 0 aliphatic heterocycles. The van der Waals surface area contributed by atoms with Crippen LogP contribution in [0.4, 0.5) is 0 Å². The van der Waals surface area contributed by atoms with Gasteiger partial charge < -0.3 is 4.55 Å². The molecule has 2 aromatic carbocycles. The van der Waals surface area contributed by atoms with Gasteiger partial charge in [-0.1, -0.05) is 48.5 Å². The number of benzene rings is 2. The summed E-state index contributed by atoms with van der Waals surface area (Å²) in [5.74, 6) is 0. The van der Waals surface area contributed by atoms with Crippen molar-refractivity contribution in [2.45, 2.75) is 57.9 Å². The van der Waals surface area contributed by atoms with Gasteiger partial charge >= 0.3 is 0 Å². The molecule has 4 rings (SSSR count). The average molecular weight is 540 g/mol. The highest BCUT2D eigenvalue weighted by molar-refractivity contribution is 9.10. The minimum Gasteiger partial charge on any atom is -0.598 e. The Morgan fingerprint density at radius 2 is 1.71 bits per heavy atom. The van der Waals surface area contributed by atoms with E-state index in [0.717, 1.165) is 38.0 Å². The van der Waals surface area contributed by atoms with Gasteiger partial charge in [0.05, 0.1) is 11.6 Å². The molecule has 0 spiro atoms. The molecule has 5 nitrogen and oxygen atoms in total. The van der Waals surface area contributed by atoms with E-state index in [2.05, 4.69) is 74.5 Å².